The van der Waals surface area contributed by atoms with E-state index >= 15 is 0 Å². The molecule has 0 aliphatic rings. The van der Waals surface area contributed by atoms with Gasteiger partial charge in [-0.25, -0.2) is 4.57 Å². The minimum atomic E-state index is -0.196. The Morgan fingerprint density at radius 2 is 1.67 bits per heavy atom. The molecule has 0 fully saturated rings. The summed E-state index contributed by atoms with van der Waals surface area (Å²) < 4.78 is 7.45. The average molecular weight is 395 g/mol. The molecule has 6 heteroatoms. The molecule has 0 saturated carbocycles. The molecule has 134 valence electrons. The molecule has 1 heterocycles. The summed E-state index contributed by atoms with van der Waals surface area (Å²) in [5, 5.41) is 1.12. The van der Waals surface area contributed by atoms with E-state index in [4.69, 9.17) is 16.3 Å². The summed E-state index contributed by atoms with van der Waals surface area (Å²) in [6.45, 7) is 0. The molecule has 0 N–H and O–H groups in total. The second kappa shape index (κ2) is 7.47. The summed E-state index contributed by atoms with van der Waals surface area (Å²) in [7, 11) is 0. The van der Waals surface area contributed by atoms with E-state index in [0.29, 0.717) is 27.4 Å². The normalized spacial score (nSPS) is 10.9. The summed E-state index contributed by atoms with van der Waals surface area (Å²) in [5.41, 5.74) is 1.03. The van der Waals surface area contributed by atoms with Gasteiger partial charge in [-0.3, -0.25) is 4.79 Å². The first kappa shape index (κ1) is 17.6. The van der Waals surface area contributed by atoms with Gasteiger partial charge in [-0.1, -0.05) is 23.7 Å². The summed E-state index contributed by atoms with van der Waals surface area (Å²) in [6, 6.07) is 22.1. The van der Waals surface area contributed by atoms with E-state index in [9.17, 15) is 4.79 Å². The molecule has 27 heavy (non-hydrogen) atoms. The van der Waals surface area contributed by atoms with E-state index in [2.05, 4.69) is 4.98 Å². The van der Waals surface area contributed by atoms with Gasteiger partial charge >= 0.3 is 6.01 Å². The summed E-state index contributed by atoms with van der Waals surface area (Å²) in [5.74, 6) is 0.609. The Hall–Kier alpha value is -2.76. The van der Waals surface area contributed by atoms with Crippen molar-refractivity contribution in [3.8, 4) is 17.4 Å². The first-order chi connectivity index (χ1) is 13.2. The summed E-state index contributed by atoms with van der Waals surface area (Å²) >= 11 is 7.65. The maximum atomic E-state index is 13.1. The van der Waals surface area contributed by atoms with Crippen LogP contribution in [0.25, 0.3) is 16.6 Å². The van der Waals surface area contributed by atoms with Crippen molar-refractivity contribution in [2.24, 2.45) is 0 Å². The lowest BCUT2D eigenvalue weighted by Crippen LogP contribution is -2.21. The van der Waals surface area contributed by atoms with Crippen LogP contribution < -0.4 is 10.3 Å². The highest BCUT2D eigenvalue weighted by atomic mass is 35.5. The molecule has 0 saturated heterocycles. The smallest absolute Gasteiger partial charge is 0.310 e. The highest BCUT2D eigenvalue weighted by Crippen LogP contribution is 2.26. The van der Waals surface area contributed by atoms with Gasteiger partial charge in [0.05, 0.1) is 16.6 Å². The van der Waals surface area contributed by atoms with Crippen LogP contribution in [0.5, 0.6) is 11.8 Å². The number of para-hydroxylation sites is 1. The van der Waals surface area contributed by atoms with Crippen LogP contribution in [-0.2, 0) is 0 Å². The van der Waals surface area contributed by atoms with Crippen LogP contribution in [0, 0.1) is 0 Å². The van der Waals surface area contributed by atoms with Gasteiger partial charge in [0.2, 0.25) is 0 Å². The second-order valence-electron chi connectivity index (χ2n) is 5.81. The van der Waals surface area contributed by atoms with Crippen molar-refractivity contribution in [2.75, 3.05) is 6.26 Å². The van der Waals surface area contributed by atoms with Gasteiger partial charge in [-0.15, -0.1) is 11.8 Å². The molecule has 0 atom stereocenters. The number of hydrogen-bond donors (Lipinski definition) is 0. The quantitative estimate of drug-likeness (QED) is 0.425. The Morgan fingerprint density at radius 3 is 2.37 bits per heavy atom. The summed E-state index contributed by atoms with van der Waals surface area (Å²) in [4.78, 5) is 18.8. The lowest BCUT2D eigenvalue weighted by molar-refractivity contribution is 0.427. The van der Waals surface area contributed by atoms with Crippen molar-refractivity contribution in [1.82, 2.24) is 9.55 Å². The van der Waals surface area contributed by atoms with E-state index < -0.39 is 0 Å². The van der Waals surface area contributed by atoms with Crippen LogP contribution in [0.15, 0.2) is 82.5 Å². The maximum absolute atomic E-state index is 13.1. The molecule has 4 nitrogen and oxygen atoms in total. The number of ether oxygens (including phenoxy) is 1. The molecule has 4 rings (SSSR count). The Kier molecular flexibility index (Phi) is 4.88. The highest BCUT2D eigenvalue weighted by molar-refractivity contribution is 7.98. The minimum absolute atomic E-state index is 0.196. The predicted octanol–water partition coefficient (Wildman–Crippen LogP) is 5.55. The fourth-order valence-electron chi connectivity index (χ4n) is 2.75. The number of thioether (sulfide) groups is 1. The molecule has 0 bridgehead atoms. The number of halogens is 1. The van der Waals surface area contributed by atoms with Gasteiger partial charge in [-0.2, -0.15) is 4.98 Å². The van der Waals surface area contributed by atoms with Crippen molar-refractivity contribution < 1.29 is 4.74 Å². The van der Waals surface area contributed by atoms with Crippen molar-refractivity contribution in [3.63, 3.8) is 0 Å². The summed E-state index contributed by atoms with van der Waals surface area (Å²) in [6.07, 6.45) is 2.01. The molecular formula is C21H15ClN2O2S. The molecule has 0 spiro atoms. The molecule has 1 aromatic heterocycles. The SMILES string of the molecule is CSc1ccc(Oc2nc3ccccc3c(=O)n2-c2ccc(Cl)cc2)cc1. The van der Waals surface area contributed by atoms with Crippen LogP contribution in [0.3, 0.4) is 0 Å². The molecule has 0 aliphatic carbocycles. The Bertz CT molecular complexity index is 1160. The number of aromatic nitrogens is 2. The molecular weight excluding hydrogens is 380 g/mol. The first-order valence-corrected chi connectivity index (χ1v) is 9.85. The average Bonchev–Trinajstić information content (AvgIpc) is 2.70. The maximum Gasteiger partial charge on any atom is 0.310 e. The molecule has 0 unspecified atom stereocenters. The third-order valence-electron chi connectivity index (χ3n) is 4.10. The second-order valence-corrected chi connectivity index (χ2v) is 7.12. The van der Waals surface area contributed by atoms with Crippen LogP contribution in [0.1, 0.15) is 0 Å². The zero-order valence-corrected chi connectivity index (χ0v) is 16.0. The van der Waals surface area contributed by atoms with Crippen LogP contribution in [0.2, 0.25) is 5.02 Å². The van der Waals surface area contributed by atoms with E-state index in [-0.39, 0.29) is 11.6 Å². The van der Waals surface area contributed by atoms with E-state index in [0.717, 1.165) is 4.90 Å². The van der Waals surface area contributed by atoms with E-state index in [1.807, 2.05) is 42.7 Å². The van der Waals surface area contributed by atoms with Gasteiger partial charge in [0.25, 0.3) is 5.56 Å². The van der Waals surface area contributed by atoms with Crippen molar-refractivity contribution >= 4 is 34.3 Å². The topological polar surface area (TPSA) is 44.1 Å². The molecule has 0 amide bonds. The van der Waals surface area contributed by atoms with Gasteiger partial charge < -0.3 is 4.74 Å². The molecule has 0 radical (unpaired) electrons. The predicted molar refractivity (Wildman–Crippen MR) is 111 cm³/mol. The van der Waals surface area contributed by atoms with Gasteiger partial charge in [0, 0.05) is 9.92 Å². The Balaban J connectivity index is 1.90. The molecule has 0 aliphatic heterocycles. The van der Waals surface area contributed by atoms with Crippen LogP contribution >= 0.6 is 23.4 Å². The van der Waals surface area contributed by atoms with E-state index in [1.54, 1.807) is 48.2 Å². The zero-order valence-electron chi connectivity index (χ0n) is 14.4. The van der Waals surface area contributed by atoms with Crippen LogP contribution in [0.4, 0.5) is 0 Å². The monoisotopic (exact) mass is 394 g/mol. The van der Waals surface area contributed by atoms with Gasteiger partial charge in [-0.05, 0) is 66.9 Å². The number of benzene rings is 3. The Labute approximate surface area is 165 Å². The number of nitrogens with zero attached hydrogens (tertiary/aromatic N) is 2. The number of hydrogen-bond acceptors (Lipinski definition) is 4. The lowest BCUT2D eigenvalue weighted by atomic mass is 10.2. The Morgan fingerprint density at radius 1 is 0.963 bits per heavy atom. The lowest BCUT2D eigenvalue weighted by Gasteiger charge is -2.14. The van der Waals surface area contributed by atoms with Crippen molar-refractivity contribution in [1.29, 1.82) is 0 Å². The largest absolute Gasteiger partial charge is 0.425 e. The molecule has 3 aromatic carbocycles. The standard InChI is InChI=1S/C21H15ClN2O2S/c1-27-17-12-10-16(11-13-17)26-21-23-19-5-3-2-4-18(19)20(25)24(21)15-8-6-14(22)7-9-15/h2-13H,1H3. The fourth-order valence-corrected chi connectivity index (χ4v) is 3.28. The zero-order chi connectivity index (χ0) is 18.8. The van der Waals surface area contributed by atoms with E-state index in [1.165, 1.54) is 4.57 Å². The van der Waals surface area contributed by atoms with Crippen LogP contribution in [-0.4, -0.2) is 15.8 Å². The number of rotatable bonds is 4. The minimum Gasteiger partial charge on any atom is -0.425 e. The van der Waals surface area contributed by atoms with Gasteiger partial charge in [0.15, 0.2) is 0 Å². The molecule has 4 aromatic rings. The first-order valence-electron chi connectivity index (χ1n) is 8.25. The third kappa shape index (κ3) is 3.56. The third-order valence-corrected chi connectivity index (χ3v) is 5.09. The number of fused-ring (bicyclic) bond motifs is 1. The van der Waals surface area contributed by atoms with Crippen molar-refractivity contribution in [3.05, 3.63) is 88.2 Å². The van der Waals surface area contributed by atoms with Gasteiger partial charge in [0.1, 0.15) is 5.75 Å². The van der Waals surface area contributed by atoms with Crippen molar-refractivity contribution in [2.45, 2.75) is 4.90 Å². The highest BCUT2D eigenvalue weighted by Gasteiger charge is 2.14. The fraction of sp³-hybridized carbons (Fsp3) is 0.0476.